The molecule has 3 N–H and O–H groups in total. The molecule has 0 aliphatic carbocycles. The molecule has 88 valence electrons. The minimum Gasteiger partial charge on any atom is -0.391 e. The van der Waals surface area contributed by atoms with Gasteiger partial charge in [0, 0.05) is 12.8 Å². The Morgan fingerprint density at radius 2 is 1.73 bits per heavy atom. The first-order valence-electron chi connectivity index (χ1n) is 4.56. The molecule has 6 nitrogen and oxygen atoms in total. The SMILES string of the molecule is C=CCC(CC=C)[NH2+]CCO.O=[N+]([O-])[O-]. The summed E-state index contributed by atoms with van der Waals surface area (Å²) < 4.78 is 0. The second kappa shape index (κ2) is 12.6. The zero-order valence-electron chi connectivity index (χ0n) is 8.67. The fourth-order valence-electron chi connectivity index (χ4n) is 1.03. The highest BCUT2D eigenvalue weighted by atomic mass is 16.9. The molecular weight excluding hydrogens is 200 g/mol. The number of hydrogen-bond acceptors (Lipinski definition) is 4. The van der Waals surface area contributed by atoms with Gasteiger partial charge >= 0.3 is 0 Å². The molecule has 0 heterocycles. The van der Waals surface area contributed by atoms with Crippen LogP contribution in [0.5, 0.6) is 0 Å². The van der Waals surface area contributed by atoms with Gasteiger partial charge in [0.2, 0.25) is 0 Å². The van der Waals surface area contributed by atoms with Crippen molar-refractivity contribution >= 4 is 0 Å². The summed E-state index contributed by atoms with van der Waals surface area (Å²) in [6.45, 7) is 8.36. The van der Waals surface area contributed by atoms with Crippen LogP contribution in [0.1, 0.15) is 12.8 Å². The summed E-state index contributed by atoms with van der Waals surface area (Å²) in [6, 6.07) is 0.511. The highest BCUT2D eigenvalue weighted by Crippen LogP contribution is 1.93. The van der Waals surface area contributed by atoms with E-state index in [2.05, 4.69) is 18.5 Å². The van der Waals surface area contributed by atoms with Crippen LogP contribution in [-0.2, 0) is 0 Å². The number of aliphatic hydroxyl groups is 1. The second-order valence-electron chi connectivity index (χ2n) is 2.78. The Hall–Kier alpha value is -1.40. The van der Waals surface area contributed by atoms with Gasteiger partial charge in [0.15, 0.2) is 0 Å². The summed E-state index contributed by atoms with van der Waals surface area (Å²) in [4.78, 5) is 8.25. The van der Waals surface area contributed by atoms with Gasteiger partial charge in [-0.05, 0) is 0 Å². The molecule has 0 atom stereocenters. The van der Waals surface area contributed by atoms with Crippen molar-refractivity contribution in [3.05, 3.63) is 40.6 Å². The van der Waals surface area contributed by atoms with Crippen molar-refractivity contribution in [2.24, 2.45) is 0 Å². The van der Waals surface area contributed by atoms with Gasteiger partial charge in [-0.25, -0.2) is 0 Å². The number of nitrogens with two attached hydrogens (primary N) is 1. The molecule has 0 aliphatic heterocycles. The molecule has 6 heteroatoms. The number of hydrogen-bond donors (Lipinski definition) is 2. The van der Waals surface area contributed by atoms with Crippen LogP contribution in [0.15, 0.2) is 25.3 Å². The smallest absolute Gasteiger partial charge is 0.0992 e. The number of nitrogens with zero attached hydrogens (tertiary/aromatic N) is 1. The molecule has 15 heavy (non-hydrogen) atoms. The van der Waals surface area contributed by atoms with Crippen molar-refractivity contribution in [2.75, 3.05) is 13.2 Å². The van der Waals surface area contributed by atoms with Crippen LogP contribution in [-0.4, -0.2) is 29.4 Å². The first kappa shape index (κ1) is 16.0. The third-order valence-corrected chi connectivity index (χ3v) is 1.57. The second-order valence-corrected chi connectivity index (χ2v) is 2.78. The lowest BCUT2D eigenvalue weighted by Crippen LogP contribution is -2.90. The maximum atomic E-state index is 8.57. The maximum Gasteiger partial charge on any atom is 0.0992 e. The fraction of sp³-hybridized carbons (Fsp3) is 0.556. The van der Waals surface area contributed by atoms with Crippen LogP contribution >= 0.6 is 0 Å². The lowest BCUT2D eigenvalue weighted by Gasteiger charge is -2.09. The highest BCUT2D eigenvalue weighted by Gasteiger charge is 2.05. The quantitative estimate of drug-likeness (QED) is 0.351. The molecule has 0 radical (unpaired) electrons. The van der Waals surface area contributed by atoms with Crippen molar-refractivity contribution in [2.45, 2.75) is 18.9 Å². The summed E-state index contributed by atoms with van der Waals surface area (Å²) in [5.41, 5.74) is 0. The van der Waals surface area contributed by atoms with E-state index >= 15 is 0 Å². The van der Waals surface area contributed by atoms with Gasteiger partial charge in [-0.15, -0.1) is 13.2 Å². The molecule has 0 aromatic rings. The van der Waals surface area contributed by atoms with Gasteiger partial charge in [-0.2, -0.15) is 0 Å². The average Bonchev–Trinajstić information content (AvgIpc) is 2.14. The minimum absolute atomic E-state index is 0.241. The number of rotatable bonds is 7. The highest BCUT2D eigenvalue weighted by molar-refractivity contribution is 4.78. The lowest BCUT2D eigenvalue weighted by atomic mass is 10.1. The molecule has 0 aromatic heterocycles. The van der Waals surface area contributed by atoms with Crippen LogP contribution < -0.4 is 5.32 Å². The summed E-state index contributed by atoms with van der Waals surface area (Å²) in [5.74, 6) is 0. The monoisotopic (exact) mass is 218 g/mol. The zero-order valence-corrected chi connectivity index (χ0v) is 8.67. The van der Waals surface area contributed by atoms with Crippen molar-refractivity contribution in [1.82, 2.24) is 0 Å². The molecule has 0 unspecified atom stereocenters. The van der Waals surface area contributed by atoms with Crippen LogP contribution in [0, 0.1) is 15.3 Å². The first-order chi connectivity index (χ1) is 7.08. The Bertz CT molecular complexity index is 171. The van der Waals surface area contributed by atoms with Crippen molar-refractivity contribution in [3.63, 3.8) is 0 Å². The molecule has 0 amide bonds. The summed E-state index contributed by atoms with van der Waals surface area (Å²) in [6.07, 6.45) is 5.77. The van der Waals surface area contributed by atoms with Gasteiger partial charge < -0.3 is 25.7 Å². The van der Waals surface area contributed by atoms with Gasteiger partial charge in [-0.3, -0.25) is 0 Å². The molecule has 0 fully saturated rings. The zero-order chi connectivity index (χ0) is 12.1. The summed E-state index contributed by atoms with van der Waals surface area (Å²) in [7, 11) is 0. The van der Waals surface area contributed by atoms with Crippen LogP contribution in [0.2, 0.25) is 0 Å². The summed E-state index contributed by atoms with van der Waals surface area (Å²) >= 11 is 0. The van der Waals surface area contributed by atoms with Gasteiger partial charge in [0.05, 0.1) is 24.3 Å². The normalized spacial score (nSPS) is 8.93. The Morgan fingerprint density at radius 3 is 2.00 bits per heavy atom. The Kier molecular flexibility index (Phi) is 13.5. The van der Waals surface area contributed by atoms with E-state index in [-0.39, 0.29) is 6.61 Å². The van der Waals surface area contributed by atoms with E-state index < -0.39 is 5.09 Å². The van der Waals surface area contributed by atoms with E-state index in [0.29, 0.717) is 6.04 Å². The van der Waals surface area contributed by atoms with E-state index in [1.807, 2.05) is 12.2 Å². The predicted molar refractivity (Wildman–Crippen MR) is 57.7 cm³/mol. The van der Waals surface area contributed by atoms with E-state index in [4.69, 9.17) is 20.4 Å². The number of quaternary nitrogens is 1. The molecule has 0 saturated heterocycles. The van der Waals surface area contributed by atoms with Gasteiger partial charge in [-0.1, -0.05) is 12.2 Å². The molecule has 0 bridgehead atoms. The molecule has 0 spiro atoms. The standard InChI is InChI=1S/C9H17NO.NO3/c1-3-5-9(6-4-2)10-7-8-11;2-1(3)4/h3-4,9-11H,1-2,5-8H2;/q;-1/p+1. The molecular formula is C9H18N2O4. The summed E-state index contributed by atoms with van der Waals surface area (Å²) in [5, 5.41) is 25.4. The van der Waals surface area contributed by atoms with Crippen LogP contribution in [0.3, 0.4) is 0 Å². The van der Waals surface area contributed by atoms with Gasteiger partial charge in [0.25, 0.3) is 0 Å². The van der Waals surface area contributed by atoms with Crippen LogP contribution in [0.25, 0.3) is 0 Å². The van der Waals surface area contributed by atoms with Crippen LogP contribution in [0.4, 0.5) is 0 Å². The Balaban J connectivity index is 0. The minimum atomic E-state index is -1.75. The average molecular weight is 218 g/mol. The topological polar surface area (TPSA) is 103 Å². The third-order valence-electron chi connectivity index (χ3n) is 1.57. The fourth-order valence-corrected chi connectivity index (χ4v) is 1.03. The van der Waals surface area contributed by atoms with E-state index in [0.717, 1.165) is 19.4 Å². The maximum absolute atomic E-state index is 8.57. The molecule has 0 aliphatic rings. The largest absolute Gasteiger partial charge is 0.391 e. The third kappa shape index (κ3) is 19.1. The Labute approximate surface area is 89.0 Å². The van der Waals surface area contributed by atoms with Crippen molar-refractivity contribution < 1.29 is 15.5 Å². The van der Waals surface area contributed by atoms with E-state index in [1.54, 1.807) is 0 Å². The molecule has 0 saturated carbocycles. The Morgan fingerprint density at radius 1 is 1.33 bits per heavy atom. The first-order valence-corrected chi connectivity index (χ1v) is 4.56. The van der Waals surface area contributed by atoms with Gasteiger partial charge in [0.1, 0.15) is 0 Å². The molecule has 0 rings (SSSR count). The van der Waals surface area contributed by atoms with Crippen molar-refractivity contribution in [1.29, 1.82) is 0 Å². The molecule has 0 aromatic carbocycles. The van der Waals surface area contributed by atoms with E-state index in [9.17, 15) is 0 Å². The van der Waals surface area contributed by atoms with E-state index in [1.165, 1.54) is 0 Å². The number of aliphatic hydroxyl groups excluding tert-OH is 1. The van der Waals surface area contributed by atoms with Crippen molar-refractivity contribution in [3.8, 4) is 0 Å². The predicted octanol–water partition coefficient (Wildman–Crippen LogP) is -0.176. The lowest BCUT2D eigenvalue weighted by molar-refractivity contribution is -0.689.